The second kappa shape index (κ2) is 6.22. The molecule has 112 valence electrons. The first kappa shape index (κ1) is 15.4. The maximum atomic E-state index is 12.6. The zero-order valence-corrected chi connectivity index (χ0v) is 12.8. The third-order valence-corrected chi connectivity index (χ3v) is 5.48. The van der Waals surface area contributed by atoms with Gasteiger partial charge in [-0.15, -0.1) is 0 Å². The maximum Gasteiger partial charge on any atom is 0.243 e. The summed E-state index contributed by atoms with van der Waals surface area (Å²) in [4.78, 5) is 0.318. The normalized spacial score (nSPS) is 22.6. The smallest absolute Gasteiger partial charge is 0.243 e. The van der Waals surface area contributed by atoms with Crippen LogP contribution in [-0.4, -0.2) is 38.5 Å². The number of sulfonamides is 1. The Morgan fingerprint density at radius 2 is 2.05 bits per heavy atom. The molecule has 1 aliphatic heterocycles. The largest absolute Gasteiger partial charge is 0.375 e. The second-order valence-corrected chi connectivity index (χ2v) is 7.06. The summed E-state index contributed by atoms with van der Waals surface area (Å²) in [5.74, 6) is 0. The predicted octanol–water partition coefficient (Wildman–Crippen LogP) is 1.51. The van der Waals surface area contributed by atoms with Crippen LogP contribution >= 0.6 is 0 Å². The summed E-state index contributed by atoms with van der Waals surface area (Å²) >= 11 is 0. The van der Waals surface area contributed by atoms with Crippen molar-refractivity contribution in [1.29, 1.82) is 0 Å². The van der Waals surface area contributed by atoms with Crippen LogP contribution in [0.3, 0.4) is 0 Å². The average Bonchev–Trinajstić information content (AvgIpc) is 2.47. The molecule has 1 heterocycles. The Labute approximate surface area is 120 Å². The summed E-state index contributed by atoms with van der Waals surface area (Å²) in [5.41, 5.74) is 6.70. The number of hydrogen-bond acceptors (Lipinski definition) is 4. The van der Waals surface area contributed by atoms with Gasteiger partial charge in [-0.1, -0.05) is 19.1 Å². The minimum Gasteiger partial charge on any atom is -0.375 e. The third-order valence-electron chi connectivity index (χ3n) is 3.60. The number of rotatable bonds is 4. The molecule has 5 nitrogen and oxygen atoms in total. The van der Waals surface area contributed by atoms with Crippen LogP contribution in [0.15, 0.2) is 29.2 Å². The van der Waals surface area contributed by atoms with Crippen LogP contribution in [0.25, 0.3) is 0 Å². The fraction of sp³-hybridized carbons (Fsp3) is 0.571. The Hall–Kier alpha value is -0.950. The molecule has 6 heteroatoms. The van der Waals surface area contributed by atoms with Gasteiger partial charge in [0.2, 0.25) is 10.0 Å². The standard InChI is InChI=1S/C14H22N2O3S/c1-3-13-10-16(8-9-19-13)20(17,18)14-6-4-12(5-7-14)11(2)15/h4-7,11,13H,3,8-10,15H2,1-2H3. The van der Waals surface area contributed by atoms with E-state index in [0.29, 0.717) is 24.6 Å². The lowest BCUT2D eigenvalue weighted by atomic mass is 10.1. The number of nitrogens with two attached hydrogens (primary N) is 1. The van der Waals surface area contributed by atoms with Gasteiger partial charge in [-0.2, -0.15) is 4.31 Å². The van der Waals surface area contributed by atoms with E-state index in [1.165, 1.54) is 4.31 Å². The van der Waals surface area contributed by atoms with E-state index in [-0.39, 0.29) is 12.1 Å². The summed E-state index contributed by atoms with van der Waals surface area (Å²) < 4.78 is 32.2. The van der Waals surface area contributed by atoms with Crippen LogP contribution in [0.4, 0.5) is 0 Å². The van der Waals surface area contributed by atoms with Gasteiger partial charge in [0, 0.05) is 19.1 Å². The molecule has 0 aromatic heterocycles. The van der Waals surface area contributed by atoms with E-state index in [4.69, 9.17) is 10.5 Å². The van der Waals surface area contributed by atoms with Gasteiger partial charge in [0.25, 0.3) is 0 Å². The van der Waals surface area contributed by atoms with Gasteiger partial charge < -0.3 is 10.5 Å². The van der Waals surface area contributed by atoms with Crippen LogP contribution in [0.1, 0.15) is 31.9 Å². The Morgan fingerprint density at radius 1 is 1.40 bits per heavy atom. The van der Waals surface area contributed by atoms with E-state index >= 15 is 0 Å². The summed E-state index contributed by atoms with van der Waals surface area (Å²) in [6, 6.07) is 6.71. The molecule has 0 amide bonds. The number of nitrogens with zero attached hydrogens (tertiary/aromatic N) is 1. The topological polar surface area (TPSA) is 72.6 Å². The van der Waals surface area contributed by atoms with E-state index in [1.807, 2.05) is 13.8 Å². The van der Waals surface area contributed by atoms with E-state index in [0.717, 1.165) is 12.0 Å². The highest BCUT2D eigenvalue weighted by Crippen LogP contribution is 2.21. The summed E-state index contributed by atoms with van der Waals surface area (Å²) in [6.45, 7) is 5.16. The lowest BCUT2D eigenvalue weighted by molar-refractivity contribution is -0.00277. The van der Waals surface area contributed by atoms with Gasteiger partial charge in [-0.25, -0.2) is 8.42 Å². The first-order valence-electron chi connectivity index (χ1n) is 6.92. The van der Waals surface area contributed by atoms with Crippen molar-refractivity contribution in [3.05, 3.63) is 29.8 Å². The average molecular weight is 298 g/mol. The molecule has 2 rings (SSSR count). The van der Waals surface area contributed by atoms with Gasteiger partial charge in [0.05, 0.1) is 17.6 Å². The maximum absolute atomic E-state index is 12.6. The van der Waals surface area contributed by atoms with E-state index < -0.39 is 10.0 Å². The van der Waals surface area contributed by atoms with Gasteiger partial charge >= 0.3 is 0 Å². The molecule has 2 atom stereocenters. The van der Waals surface area contributed by atoms with Gasteiger partial charge in [0.15, 0.2) is 0 Å². The zero-order valence-electron chi connectivity index (χ0n) is 12.0. The van der Waals surface area contributed by atoms with Crippen molar-refractivity contribution in [2.75, 3.05) is 19.7 Å². The molecule has 1 saturated heterocycles. The summed E-state index contributed by atoms with van der Waals surface area (Å²) in [6.07, 6.45) is 0.803. The molecule has 0 aliphatic carbocycles. The lowest BCUT2D eigenvalue weighted by Crippen LogP contribution is -2.45. The third kappa shape index (κ3) is 3.20. The molecular formula is C14H22N2O3S. The number of morpholine rings is 1. The number of ether oxygens (including phenoxy) is 1. The van der Waals surface area contributed by atoms with Crippen molar-refractivity contribution in [1.82, 2.24) is 4.31 Å². The van der Waals surface area contributed by atoms with Gasteiger partial charge in [-0.05, 0) is 31.0 Å². The molecule has 0 bridgehead atoms. The monoisotopic (exact) mass is 298 g/mol. The quantitative estimate of drug-likeness (QED) is 0.914. The zero-order chi connectivity index (χ0) is 14.8. The van der Waals surface area contributed by atoms with Crippen LogP contribution in [0.2, 0.25) is 0 Å². The molecule has 1 fully saturated rings. The second-order valence-electron chi connectivity index (χ2n) is 5.12. The number of hydrogen-bond donors (Lipinski definition) is 1. The summed E-state index contributed by atoms with van der Waals surface area (Å²) in [7, 11) is -3.43. The predicted molar refractivity (Wildman–Crippen MR) is 77.8 cm³/mol. The van der Waals surface area contributed by atoms with Crippen LogP contribution in [0, 0.1) is 0 Å². The van der Waals surface area contributed by atoms with Crippen molar-refractivity contribution >= 4 is 10.0 Å². The molecule has 0 radical (unpaired) electrons. The fourth-order valence-electron chi connectivity index (χ4n) is 2.25. The molecule has 0 saturated carbocycles. The molecule has 20 heavy (non-hydrogen) atoms. The molecule has 1 aromatic carbocycles. The fourth-order valence-corrected chi connectivity index (χ4v) is 3.71. The van der Waals surface area contributed by atoms with Gasteiger partial charge in [-0.3, -0.25) is 0 Å². The van der Waals surface area contributed by atoms with E-state index in [2.05, 4.69) is 0 Å². The summed E-state index contributed by atoms with van der Waals surface area (Å²) in [5, 5.41) is 0. The molecule has 2 unspecified atom stereocenters. The van der Waals surface area contributed by atoms with Crippen molar-refractivity contribution in [2.45, 2.75) is 37.3 Å². The molecular weight excluding hydrogens is 276 g/mol. The highest BCUT2D eigenvalue weighted by Gasteiger charge is 2.29. The minimum absolute atomic E-state index is 0.0122. The molecule has 2 N–H and O–H groups in total. The van der Waals surface area contributed by atoms with Crippen LogP contribution in [-0.2, 0) is 14.8 Å². The first-order valence-corrected chi connectivity index (χ1v) is 8.36. The van der Waals surface area contributed by atoms with Crippen molar-refractivity contribution in [3.8, 4) is 0 Å². The molecule has 1 aromatic rings. The van der Waals surface area contributed by atoms with Crippen molar-refractivity contribution in [2.24, 2.45) is 5.73 Å². The van der Waals surface area contributed by atoms with Crippen LogP contribution in [0.5, 0.6) is 0 Å². The Balaban J connectivity index is 2.21. The highest BCUT2D eigenvalue weighted by molar-refractivity contribution is 7.89. The highest BCUT2D eigenvalue weighted by atomic mass is 32.2. The first-order chi connectivity index (χ1) is 9.45. The Morgan fingerprint density at radius 3 is 2.60 bits per heavy atom. The SMILES string of the molecule is CCC1CN(S(=O)(=O)c2ccc(C(C)N)cc2)CCO1. The minimum atomic E-state index is -3.43. The molecule has 0 spiro atoms. The molecule has 1 aliphatic rings. The Kier molecular flexibility index (Phi) is 4.80. The van der Waals surface area contributed by atoms with Crippen molar-refractivity contribution in [3.63, 3.8) is 0 Å². The van der Waals surface area contributed by atoms with Crippen molar-refractivity contribution < 1.29 is 13.2 Å². The number of benzene rings is 1. The van der Waals surface area contributed by atoms with E-state index in [9.17, 15) is 8.42 Å². The van der Waals surface area contributed by atoms with E-state index in [1.54, 1.807) is 24.3 Å². The lowest BCUT2D eigenvalue weighted by Gasteiger charge is -2.31. The van der Waals surface area contributed by atoms with Crippen LogP contribution < -0.4 is 5.73 Å². The Bertz CT molecular complexity index is 540. The van der Waals surface area contributed by atoms with Gasteiger partial charge in [0.1, 0.15) is 0 Å².